The van der Waals surface area contributed by atoms with Crippen molar-refractivity contribution >= 4 is 11.6 Å². The molecule has 0 aromatic heterocycles. The fraction of sp³-hybridized carbons (Fsp3) is 0.438. The summed E-state index contributed by atoms with van der Waals surface area (Å²) in [5.41, 5.74) is 8.35. The predicted molar refractivity (Wildman–Crippen MR) is 145 cm³/mol. The smallest absolute Gasteiger partial charge is 0.161 e. The Balaban J connectivity index is 1.55. The van der Waals surface area contributed by atoms with Crippen LogP contribution in [0.25, 0.3) is 0 Å². The molecule has 2 aliphatic carbocycles. The Hall–Kier alpha value is -3.34. The van der Waals surface area contributed by atoms with Crippen molar-refractivity contribution in [1.82, 2.24) is 4.90 Å². The molecule has 3 aliphatic rings. The van der Waals surface area contributed by atoms with Gasteiger partial charge in [-0.3, -0.25) is 9.59 Å². The molecule has 0 radical (unpaired) electrons. The Morgan fingerprint density at radius 3 is 2.03 bits per heavy atom. The van der Waals surface area contributed by atoms with Crippen LogP contribution >= 0.6 is 0 Å². The van der Waals surface area contributed by atoms with Crippen molar-refractivity contribution in [2.45, 2.75) is 78.2 Å². The number of allylic oxidation sites excluding steroid dienone is 4. The lowest BCUT2D eigenvalue weighted by Crippen LogP contribution is -2.39. The third-order valence-corrected chi connectivity index (χ3v) is 7.73. The molecule has 0 N–H and O–H groups in total. The first-order valence-corrected chi connectivity index (χ1v) is 13.6. The molecule has 194 valence electrons. The van der Waals surface area contributed by atoms with Gasteiger partial charge in [-0.25, -0.2) is 0 Å². The molecule has 0 bridgehead atoms. The van der Waals surface area contributed by atoms with E-state index in [1.165, 1.54) is 11.1 Å². The van der Waals surface area contributed by atoms with Gasteiger partial charge in [0.2, 0.25) is 0 Å². The van der Waals surface area contributed by atoms with Crippen LogP contribution in [0.2, 0.25) is 0 Å². The van der Waals surface area contributed by atoms with Gasteiger partial charge < -0.3 is 14.4 Å². The van der Waals surface area contributed by atoms with E-state index >= 15 is 0 Å². The molecular weight excluding hydrogens is 462 g/mol. The highest BCUT2D eigenvalue weighted by Crippen LogP contribution is 2.50. The number of hydrogen-bond donors (Lipinski definition) is 0. The van der Waals surface area contributed by atoms with Crippen LogP contribution < -0.4 is 9.47 Å². The molecule has 2 aromatic carbocycles. The van der Waals surface area contributed by atoms with Gasteiger partial charge in [-0.2, -0.15) is 0 Å². The molecule has 0 saturated heterocycles. The summed E-state index contributed by atoms with van der Waals surface area (Å²) in [4.78, 5) is 29.1. The van der Waals surface area contributed by atoms with E-state index < -0.39 is 0 Å². The molecule has 5 rings (SSSR count). The molecule has 1 heterocycles. The van der Waals surface area contributed by atoms with Gasteiger partial charge in [-0.15, -0.1) is 0 Å². The quantitative estimate of drug-likeness (QED) is 0.424. The summed E-state index contributed by atoms with van der Waals surface area (Å²) in [7, 11) is 1.64. The molecule has 0 amide bonds. The van der Waals surface area contributed by atoms with Crippen molar-refractivity contribution in [3.63, 3.8) is 0 Å². The Kier molecular flexibility index (Phi) is 7.23. The third kappa shape index (κ3) is 4.84. The topological polar surface area (TPSA) is 55.8 Å². The highest BCUT2D eigenvalue weighted by molar-refractivity contribution is 6.06. The molecule has 0 saturated carbocycles. The number of methoxy groups -OCH3 is 1. The van der Waals surface area contributed by atoms with Gasteiger partial charge >= 0.3 is 0 Å². The SMILES string of the molecule is CCCN1C2=C(C(=O)CCC2)C(c2ccc(OCc3cc(C)cc(C)c3)c(OC)c2)C2=C1CCCC2=O. The number of benzene rings is 2. The number of carbonyl (C=O) groups excluding carboxylic acids is 2. The van der Waals surface area contributed by atoms with E-state index in [0.717, 1.165) is 72.3 Å². The number of Topliss-reactive ketones (excluding diaryl/α,β-unsaturated/α-hetero) is 2. The van der Waals surface area contributed by atoms with Crippen LogP contribution in [0, 0.1) is 13.8 Å². The molecule has 0 atom stereocenters. The average Bonchev–Trinajstić information content (AvgIpc) is 2.87. The molecule has 0 unspecified atom stereocenters. The molecule has 37 heavy (non-hydrogen) atoms. The minimum absolute atomic E-state index is 0.173. The summed E-state index contributed by atoms with van der Waals surface area (Å²) in [6.45, 7) is 7.61. The van der Waals surface area contributed by atoms with E-state index in [0.29, 0.717) is 30.9 Å². The highest BCUT2D eigenvalue weighted by atomic mass is 16.5. The van der Waals surface area contributed by atoms with E-state index in [1.807, 2.05) is 18.2 Å². The standard InChI is InChI=1S/C32H37NO4/c1-5-14-33-24-8-6-10-26(34)31(24)30(32-25(33)9-7-11-27(32)35)23-12-13-28(29(18-23)36-4)37-19-22-16-20(2)15-21(3)17-22/h12-13,15-18,30H,5-11,14,19H2,1-4H3. The van der Waals surface area contributed by atoms with Crippen molar-refractivity contribution in [3.8, 4) is 11.5 Å². The Bertz CT molecular complexity index is 1240. The van der Waals surface area contributed by atoms with Crippen molar-refractivity contribution in [1.29, 1.82) is 0 Å². The van der Waals surface area contributed by atoms with Crippen LogP contribution in [-0.2, 0) is 16.2 Å². The van der Waals surface area contributed by atoms with Gasteiger partial charge in [0.05, 0.1) is 7.11 Å². The minimum Gasteiger partial charge on any atom is -0.493 e. The van der Waals surface area contributed by atoms with Crippen molar-refractivity contribution in [2.75, 3.05) is 13.7 Å². The fourth-order valence-electron chi connectivity index (χ4n) is 6.34. The lowest BCUT2D eigenvalue weighted by Gasteiger charge is -2.44. The molecule has 5 nitrogen and oxygen atoms in total. The summed E-state index contributed by atoms with van der Waals surface area (Å²) in [5, 5.41) is 0. The molecule has 0 spiro atoms. The minimum atomic E-state index is -0.332. The second kappa shape index (κ2) is 10.6. The van der Waals surface area contributed by atoms with E-state index in [-0.39, 0.29) is 17.5 Å². The molecule has 5 heteroatoms. The number of aryl methyl sites for hydroxylation is 2. The largest absolute Gasteiger partial charge is 0.493 e. The Morgan fingerprint density at radius 2 is 1.46 bits per heavy atom. The molecule has 2 aromatic rings. The zero-order valence-corrected chi connectivity index (χ0v) is 22.5. The summed E-state index contributed by atoms with van der Waals surface area (Å²) < 4.78 is 11.9. The van der Waals surface area contributed by atoms with E-state index in [9.17, 15) is 9.59 Å². The summed E-state index contributed by atoms with van der Waals surface area (Å²) in [6, 6.07) is 12.3. The van der Waals surface area contributed by atoms with E-state index in [2.05, 4.69) is 43.9 Å². The summed E-state index contributed by atoms with van der Waals surface area (Å²) in [6.07, 6.45) is 5.57. The second-order valence-electron chi connectivity index (χ2n) is 10.6. The first kappa shape index (κ1) is 25.3. The number of ether oxygens (including phenoxy) is 2. The lowest BCUT2D eigenvalue weighted by molar-refractivity contribution is -0.117. The number of carbonyl (C=O) groups is 2. The predicted octanol–water partition coefficient (Wildman–Crippen LogP) is 6.71. The average molecular weight is 500 g/mol. The van der Waals surface area contributed by atoms with Crippen LogP contribution in [0.15, 0.2) is 58.9 Å². The highest BCUT2D eigenvalue weighted by Gasteiger charge is 2.43. The Labute approximate surface area is 220 Å². The lowest BCUT2D eigenvalue weighted by atomic mass is 9.71. The van der Waals surface area contributed by atoms with Gasteiger partial charge in [0, 0.05) is 47.8 Å². The van der Waals surface area contributed by atoms with Crippen LogP contribution in [0.4, 0.5) is 0 Å². The third-order valence-electron chi connectivity index (χ3n) is 7.73. The maximum atomic E-state index is 13.4. The maximum Gasteiger partial charge on any atom is 0.161 e. The van der Waals surface area contributed by atoms with Gasteiger partial charge in [-0.05, 0) is 69.2 Å². The van der Waals surface area contributed by atoms with Gasteiger partial charge in [0.25, 0.3) is 0 Å². The van der Waals surface area contributed by atoms with Gasteiger partial charge in [0.1, 0.15) is 6.61 Å². The molecule has 0 fully saturated rings. The summed E-state index contributed by atoms with van der Waals surface area (Å²) >= 11 is 0. The maximum absolute atomic E-state index is 13.4. The fourth-order valence-corrected chi connectivity index (χ4v) is 6.34. The van der Waals surface area contributed by atoms with Crippen LogP contribution in [0.5, 0.6) is 11.5 Å². The van der Waals surface area contributed by atoms with Crippen molar-refractivity contribution < 1.29 is 19.1 Å². The van der Waals surface area contributed by atoms with E-state index in [4.69, 9.17) is 9.47 Å². The van der Waals surface area contributed by atoms with E-state index in [1.54, 1.807) is 7.11 Å². The number of hydrogen-bond acceptors (Lipinski definition) is 5. The monoisotopic (exact) mass is 499 g/mol. The molecule has 1 aliphatic heterocycles. The van der Waals surface area contributed by atoms with Crippen LogP contribution in [0.1, 0.15) is 80.0 Å². The Morgan fingerprint density at radius 1 is 0.838 bits per heavy atom. The number of nitrogens with zero attached hydrogens (tertiary/aromatic N) is 1. The normalized spacial score (nSPS) is 18.2. The number of ketones is 2. The zero-order chi connectivity index (χ0) is 26.1. The zero-order valence-electron chi connectivity index (χ0n) is 22.5. The van der Waals surface area contributed by atoms with Gasteiger partial charge in [0.15, 0.2) is 23.1 Å². The first-order valence-electron chi connectivity index (χ1n) is 13.6. The first-order chi connectivity index (χ1) is 17.9. The number of rotatable bonds is 7. The van der Waals surface area contributed by atoms with Crippen molar-refractivity contribution in [2.24, 2.45) is 0 Å². The van der Waals surface area contributed by atoms with Crippen LogP contribution in [-0.4, -0.2) is 30.1 Å². The molecular formula is C32H37NO4. The van der Waals surface area contributed by atoms with Gasteiger partial charge in [-0.1, -0.05) is 42.3 Å². The second-order valence-corrected chi connectivity index (χ2v) is 10.6. The van der Waals surface area contributed by atoms with Crippen molar-refractivity contribution in [3.05, 3.63) is 81.2 Å². The van der Waals surface area contributed by atoms with Crippen LogP contribution in [0.3, 0.4) is 0 Å². The summed E-state index contributed by atoms with van der Waals surface area (Å²) in [5.74, 6) is 1.29.